The summed E-state index contributed by atoms with van der Waals surface area (Å²) in [5.74, 6) is 0.713. The van der Waals surface area contributed by atoms with E-state index >= 15 is 0 Å². The van der Waals surface area contributed by atoms with Crippen LogP contribution in [0.1, 0.15) is 20.1 Å². The van der Waals surface area contributed by atoms with Gasteiger partial charge in [-0.1, -0.05) is 0 Å². The van der Waals surface area contributed by atoms with Crippen molar-refractivity contribution in [1.29, 1.82) is 0 Å². The molecule has 3 heterocycles. The Morgan fingerprint density at radius 2 is 1.91 bits per heavy atom. The van der Waals surface area contributed by atoms with E-state index in [0.29, 0.717) is 17.0 Å². The molecule has 1 fully saturated rings. The molecular weight excluding hydrogens is 302 g/mol. The van der Waals surface area contributed by atoms with Gasteiger partial charge >= 0.3 is 0 Å². The maximum absolute atomic E-state index is 10.2. The van der Waals surface area contributed by atoms with Gasteiger partial charge in [-0.25, -0.2) is 15.0 Å². The van der Waals surface area contributed by atoms with Crippen LogP contribution in [-0.2, 0) is 4.74 Å². The summed E-state index contributed by atoms with van der Waals surface area (Å²) < 4.78 is 7.10. The second kappa shape index (κ2) is 6.36. The highest BCUT2D eigenvalue weighted by atomic mass is 16.6. The van der Waals surface area contributed by atoms with Crippen molar-refractivity contribution in [3.05, 3.63) is 12.7 Å². The molecule has 1 aliphatic rings. The zero-order chi connectivity index (χ0) is 16.6. The molecule has 1 aliphatic heterocycles. The van der Waals surface area contributed by atoms with Crippen molar-refractivity contribution in [3.63, 3.8) is 0 Å². The largest absolute Gasteiger partial charge is 0.394 e. The van der Waals surface area contributed by atoms with Crippen LogP contribution in [0.5, 0.6) is 0 Å². The topological polar surface area (TPSA) is 117 Å². The van der Waals surface area contributed by atoms with Crippen LogP contribution < -0.4 is 4.90 Å². The molecule has 0 unspecified atom stereocenters. The second-order valence-corrected chi connectivity index (χ2v) is 5.42. The number of aromatic nitrogens is 4. The second-order valence-electron chi connectivity index (χ2n) is 5.42. The first-order chi connectivity index (χ1) is 11.1. The van der Waals surface area contributed by atoms with Crippen LogP contribution in [-0.4, -0.2) is 72.8 Å². The van der Waals surface area contributed by atoms with Gasteiger partial charge in [0.2, 0.25) is 0 Å². The number of imidazole rings is 1. The summed E-state index contributed by atoms with van der Waals surface area (Å²) in [4.78, 5) is 14.9. The Bertz CT molecular complexity index is 674. The van der Waals surface area contributed by atoms with E-state index in [0.717, 1.165) is 13.1 Å². The Hall–Kier alpha value is -1.81. The highest BCUT2D eigenvalue weighted by Crippen LogP contribution is 2.32. The van der Waals surface area contributed by atoms with Gasteiger partial charge in [-0.15, -0.1) is 0 Å². The predicted molar refractivity (Wildman–Crippen MR) is 81.9 cm³/mol. The first kappa shape index (κ1) is 16.1. The summed E-state index contributed by atoms with van der Waals surface area (Å²) in [6.07, 6.45) is -1.08. The molecule has 4 atom stereocenters. The van der Waals surface area contributed by atoms with Crippen LogP contribution in [0, 0.1) is 0 Å². The number of aliphatic hydroxyl groups excluding tert-OH is 3. The average molecular weight is 323 g/mol. The fourth-order valence-electron chi connectivity index (χ4n) is 2.89. The monoisotopic (exact) mass is 323 g/mol. The molecule has 1 saturated heterocycles. The summed E-state index contributed by atoms with van der Waals surface area (Å²) in [5.41, 5.74) is 1.12. The summed E-state index contributed by atoms with van der Waals surface area (Å²) in [6, 6.07) is 0. The van der Waals surface area contributed by atoms with Gasteiger partial charge in [0.1, 0.15) is 24.6 Å². The van der Waals surface area contributed by atoms with Crippen molar-refractivity contribution in [1.82, 2.24) is 19.5 Å². The molecule has 0 aliphatic carbocycles. The van der Waals surface area contributed by atoms with Gasteiger partial charge in [0.15, 0.2) is 23.2 Å². The number of hydrogen-bond acceptors (Lipinski definition) is 8. The van der Waals surface area contributed by atoms with Gasteiger partial charge in [-0.2, -0.15) is 0 Å². The summed E-state index contributed by atoms with van der Waals surface area (Å²) >= 11 is 0. The highest BCUT2D eigenvalue weighted by Gasteiger charge is 2.44. The molecule has 0 saturated carbocycles. The third-order valence-electron chi connectivity index (χ3n) is 4.19. The molecule has 0 amide bonds. The van der Waals surface area contributed by atoms with E-state index in [2.05, 4.69) is 19.9 Å². The predicted octanol–water partition coefficient (Wildman–Crippen LogP) is -0.716. The smallest absolute Gasteiger partial charge is 0.167 e. The lowest BCUT2D eigenvalue weighted by atomic mass is 10.1. The number of ether oxygens (including phenoxy) is 1. The molecule has 23 heavy (non-hydrogen) atoms. The lowest BCUT2D eigenvalue weighted by Crippen LogP contribution is -2.33. The van der Waals surface area contributed by atoms with Crippen molar-refractivity contribution < 1.29 is 20.1 Å². The van der Waals surface area contributed by atoms with E-state index in [-0.39, 0.29) is 6.61 Å². The number of anilines is 1. The number of fused-ring (bicyclic) bond motifs is 1. The molecule has 0 radical (unpaired) electrons. The summed E-state index contributed by atoms with van der Waals surface area (Å²) in [7, 11) is 0. The summed E-state index contributed by atoms with van der Waals surface area (Å²) in [5, 5.41) is 29.3. The lowest BCUT2D eigenvalue weighted by Gasteiger charge is -2.20. The van der Waals surface area contributed by atoms with Crippen molar-refractivity contribution in [2.45, 2.75) is 38.4 Å². The normalized spacial score (nSPS) is 27.7. The van der Waals surface area contributed by atoms with Crippen LogP contribution in [0.2, 0.25) is 0 Å². The van der Waals surface area contributed by atoms with Crippen molar-refractivity contribution in [3.8, 4) is 0 Å². The maximum Gasteiger partial charge on any atom is 0.167 e. The molecule has 3 N–H and O–H groups in total. The fraction of sp³-hybridized carbons (Fsp3) is 0.643. The van der Waals surface area contributed by atoms with E-state index in [9.17, 15) is 15.3 Å². The van der Waals surface area contributed by atoms with Gasteiger partial charge in [0.25, 0.3) is 0 Å². The minimum absolute atomic E-state index is 0.374. The number of nitrogens with zero attached hydrogens (tertiary/aromatic N) is 5. The fourth-order valence-corrected chi connectivity index (χ4v) is 2.89. The van der Waals surface area contributed by atoms with Gasteiger partial charge in [0.05, 0.1) is 12.9 Å². The molecule has 0 aromatic carbocycles. The number of hydrogen-bond donors (Lipinski definition) is 3. The minimum atomic E-state index is -1.17. The quantitative estimate of drug-likeness (QED) is 0.660. The van der Waals surface area contributed by atoms with Crippen LogP contribution in [0.4, 0.5) is 5.82 Å². The molecule has 126 valence electrons. The molecule has 2 aromatic rings. The molecule has 9 heteroatoms. The van der Waals surface area contributed by atoms with E-state index in [1.54, 1.807) is 4.57 Å². The highest BCUT2D eigenvalue weighted by molar-refractivity contribution is 5.83. The molecule has 9 nitrogen and oxygen atoms in total. The Balaban J connectivity index is 2.02. The number of aliphatic hydroxyl groups is 3. The molecular formula is C14H21N5O4. The Kier molecular flexibility index (Phi) is 4.44. The molecule has 0 spiro atoms. The summed E-state index contributed by atoms with van der Waals surface area (Å²) in [6.45, 7) is 5.24. The van der Waals surface area contributed by atoms with Crippen molar-refractivity contribution >= 4 is 17.0 Å². The Morgan fingerprint density at radius 3 is 2.52 bits per heavy atom. The van der Waals surface area contributed by atoms with Crippen LogP contribution in [0.15, 0.2) is 12.7 Å². The lowest BCUT2D eigenvalue weighted by molar-refractivity contribution is -0.0511. The third kappa shape index (κ3) is 2.55. The number of rotatable bonds is 5. The van der Waals surface area contributed by atoms with Gasteiger partial charge < -0.3 is 25.0 Å². The van der Waals surface area contributed by atoms with Crippen molar-refractivity contribution in [2.75, 3.05) is 24.6 Å². The minimum Gasteiger partial charge on any atom is -0.394 e. The first-order valence-corrected chi connectivity index (χ1v) is 7.67. The van der Waals surface area contributed by atoms with Crippen molar-refractivity contribution in [2.24, 2.45) is 0 Å². The van der Waals surface area contributed by atoms with Gasteiger partial charge in [0, 0.05) is 13.1 Å². The van der Waals surface area contributed by atoms with Crippen LogP contribution in [0.25, 0.3) is 11.2 Å². The Morgan fingerprint density at radius 1 is 1.17 bits per heavy atom. The maximum atomic E-state index is 10.2. The van der Waals surface area contributed by atoms with Gasteiger partial charge in [-0.3, -0.25) is 4.57 Å². The van der Waals surface area contributed by atoms with Gasteiger partial charge in [-0.05, 0) is 13.8 Å². The zero-order valence-corrected chi connectivity index (χ0v) is 13.1. The third-order valence-corrected chi connectivity index (χ3v) is 4.19. The SMILES string of the molecule is CCN(CC)c1ncnc2c1ncn2[C@@H]1O[C@@H](CO)[C@H](O)[C@@H]1O. The molecule has 2 aromatic heterocycles. The average Bonchev–Trinajstić information content (AvgIpc) is 3.11. The first-order valence-electron chi connectivity index (χ1n) is 7.67. The van der Waals surface area contributed by atoms with E-state index < -0.39 is 24.5 Å². The van der Waals surface area contributed by atoms with E-state index in [4.69, 9.17) is 4.74 Å². The zero-order valence-electron chi connectivity index (χ0n) is 13.1. The van der Waals surface area contributed by atoms with E-state index in [1.807, 2.05) is 13.8 Å². The van der Waals surface area contributed by atoms with Crippen LogP contribution in [0.3, 0.4) is 0 Å². The Labute approximate surface area is 133 Å². The van der Waals surface area contributed by atoms with E-state index in [1.165, 1.54) is 12.7 Å². The standard InChI is InChI=1S/C14H21N5O4/c1-3-18(4-2)12-9-13(16-6-15-12)19(7-17-9)14-11(22)10(21)8(5-20)23-14/h6-8,10-11,14,20-22H,3-5H2,1-2H3/t8-,10-,11-,14+/m0/s1. The van der Waals surface area contributed by atoms with Crippen LogP contribution >= 0.6 is 0 Å². The molecule has 0 bridgehead atoms. The molecule has 3 rings (SSSR count).